The van der Waals surface area contributed by atoms with Crippen molar-refractivity contribution in [2.75, 3.05) is 11.9 Å². The lowest BCUT2D eigenvalue weighted by atomic mass is 10.2. The Labute approximate surface area is 127 Å². The molecule has 0 aliphatic carbocycles. The summed E-state index contributed by atoms with van der Waals surface area (Å²) in [6, 6.07) is 9.35. The first-order valence-electron chi connectivity index (χ1n) is 6.91. The quantitative estimate of drug-likeness (QED) is 0.945. The highest BCUT2D eigenvalue weighted by molar-refractivity contribution is 6.30. The molecule has 3 rings (SSSR count). The van der Waals surface area contributed by atoms with Crippen LogP contribution in [0.4, 0.5) is 5.82 Å². The number of benzene rings is 1. The van der Waals surface area contributed by atoms with E-state index < -0.39 is 0 Å². The molecule has 0 unspecified atom stereocenters. The Bertz CT molecular complexity index is 635. The molecule has 110 valence electrons. The summed E-state index contributed by atoms with van der Waals surface area (Å²) < 4.78 is 7.11. The Morgan fingerprint density at radius 3 is 3.14 bits per heavy atom. The van der Waals surface area contributed by atoms with Crippen molar-refractivity contribution in [3.63, 3.8) is 0 Å². The number of halogens is 1. The van der Waals surface area contributed by atoms with Crippen molar-refractivity contribution in [2.24, 2.45) is 0 Å². The summed E-state index contributed by atoms with van der Waals surface area (Å²) in [5.41, 5.74) is 1.03. The number of carbonyl (C=O) groups excluding carboxylic acids is 1. The normalized spacial score (nSPS) is 17.9. The van der Waals surface area contributed by atoms with Gasteiger partial charge in [-0.15, -0.1) is 0 Å². The largest absolute Gasteiger partial charge is 0.368 e. The molecule has 1 saturated heterocycles. The summed E-state index contributed by atoms with van der Waals surface area (Å²) >= 11 is 5.98. The van der Waals surface area contributed by atoms with E-state index >= 15 is 0 Å². The third kappa shape index (κ3) is 3.43. The van der Waals surface area contributed by atoms with E-state index in [1.165, 1.54) is 0 Å². The van der Waals surface area contributed by atoms with Gasteiger partial charge in [0.15, 0.2) is 0 Å². The van der Waals surface area contributed by atoms with Crippen LogP contribution in [0.3, 0.4) is 0 Å². The molecule has 1 atom stereocenters. The molecule has 1 aromatic heterocycles. The van der Waals surface area contributed by atoms with Crippen LogP contribution in [0, 0.1) is 0 Å². The minimum absolute atomic E-state index is 0.111. The number of nitrogens with one attached hydrogen (secondary N) is 1. The Morgan fingerprint density at radius 2 is 2.38 bits per heavy atom. The summed E-state index contributed by atoms with van der Waals surface area (Å²) in [5.74, 6) is 0.552. The van der Waals surface area contributed by atoms with Crippen molar-refractivity contribution in [1.29, 1.82) is 0 Å². The highest BCUT2D eigenvalue weighted by Gasteiger charge is 2.24. The first-order chi connectivity index (χ1) is 10.2. The van der Waals surface area contributed by atoms with E-state index in [1.54, 1.807) is 16.9 Å². The van der Waals surface area contributed by atoms with Gasteiger partial charge in [0.25, 0.3) is 5.91 Å². The summed E-state index contributed by atoms with van der Waals surface area (Å²) in [5, 5.41) is 7.79. The van der Waals surface area contributed by atoms with E-state index in [4.69, 9.17) is 16.3 Å². The molecular formula is C15H16ClN3O2. The second kappa shape index (κ2) is 6.28. The Morgan fingerprint density at radius 1 is 1.48 bits per heavy atom. The van der Waals surface area contributed by atoms with Gasteiger partial charge in [-0.1, -0.05) is 23.7 Å². The van der Waals surface area contributed by atoms with E-state index in [0.29, 0.717) is 24.0 Å². The van der Waals surface area contributed by atoms with E-state index in [1.807, 2.05) is 24.3 Å². The number of aromatic nitrogens is 2. The number of anilines is 1. The number of amides is 1. The number of hydrogen-bond acceptors (Lipinski definition) is 3. The Balaban J connectivity index is 1.70. The fraction of sp³-hybridized carbons (Fsp3) is 0.333. The van der Waals surface area contributed by atoms with Crippen LogP contribution in [-0.2, 0) is 16.1 Å². The van der Waals surface area contributed by atoms with Crippen LogP contribution in [0.1, 0.15) is 18.4 Å². The minimum Gasteiger partial charge on any atom is -0.368 e. The summed E-state index contributed by atoms with van der Waals surface area (Å²) in [4.78, 5) is 12.1. The first-order valence-corrected chi connectivity index (χ1v) is 7.29. The molecule has 5 nitrogen and oxygen atoms in total. The average Bonchev–Trinajstić information content (AvgIpc) is 3.11. The third-order valence-corrected chi connectivity index (χ3v) is 3.65. The first kappa shape index (κ1) is 14.1. The predicted molar refractivity (Wildman–Crippen MR) is 80.4 cm³/mol. The van der Waals surface area contributed by atoms with Crippen LogP contribution in [0.25, 0.3) is 0 Å². The fourth-order valence-electron chi connectivity index (χ4n) is 2.36. The van der Waals surface area contributed by atoms with Gasteiger partial charge in [0.2, 0.25) is 0 Å². The second-order valence-corrected chi connectivity index (χ2v) is 5.43. The Kier molecular flexibility index (Phi) is 4.22. The number of rotatable bonds is 4. The van der Waals surface area contributed by atoms with Crippen LogP contribution >= 0.6 is 11.6 Å². The molecular weight excluding hydrogens is 290 g/mol. The third-order valence-electron chi connectivity index (χ3n) is 3.41. The molecule has 2 heterocycles. The van der Waals surface area contributed by atoms with Crippen molar-refractivity contribution in [3.8, 4) is 0 Å². The van der Waals surface area contributed by atoms with E-state index in [2.05, 4.69) is 10.4 Å². The molecule has 1 fully saturated rings. The van der Waals surface area contributed by atoms with Gasteiger partial charge in [-0.2, -0.15) is 5.10 Å². The van der Waals surface area contributed by atoms with Crippen LogP contribution in [0.5, 0.6) is 0 Å². The topological polar surface area (TPSA) is 56.2 Å². The molecule has 1 aliphatic rings. The van der Waals surface area contributed by atoms with Crippen molar-refractivity contribution < 1.29 is 9.53 Å². The number of nitrogens with zero attached hydrogens (tertiary/aromatic N) is 2. The van der Waals surface area contributed by atoms with Crippen LogP contribution in [0.2, 0.25) is 5.02 Å². The van der Waals surface area contributed by atoms with Gasteiger partial charge in [0.05, 0.1) is 12.7 Å². The summed E-state index contributed by atoms with van der Waals surface area (Å²) in [7, 11) is 0. The zero-order valence-electron chi connectivity index (χ0n) is 11.5. The maximum atomic E-state index is 12.1. The van der Waals surface area contributed by atoms with Crippen molar-refractivity contribution >= 4 is 23.3 Å². The molecule has 0 spiro atoms. The zero-order valence-corrected chi connectivity index (χ0v) is 12.2. The maximum Gasteiger partial charge on any atom is 0.254 e. The highest BCUT2D eigenvalue weighted by Crippen LogP contribution is 2.17. The number of carbonyl (C=O) groups is 1. The molecule has 0 radical (unpaired) electrons. The molecule has 1 aromatic carbocycles. The lowest BCUT2D eigenvalue weighted by molar-refractivity contribution is -0.124. The van der Waals surface area contributed by atoms with E-state index in [0.717, 1.165) is 18.4 Å². The van der Waals surface area contributed by atoms with Gasteiger partial charge < -0.3 is 10.1 Å². The van der Waals surface area contributed by atoms with E-state index in [9.17, 15) is 4.79 Å². The number of hydrogen-bond donors (Lipinski definition) is 1. The summed E-state index contributed by atoms with van der Waals surface area (Å²) in [6.07, 6.45) is 3.02. The lowest BCUT2D eigenvalue weighted by Gasteiger charge is -2.12. The van der Waals surface area contributed by atoms with Gasteiger partial charge in [-0.3, -0.25) is 4.79 Å². The van der Waals surface area contributed by atoms with Gasteiger partial charge in [0.1, 0.15) is 11.9 Å². The van der Waals surface area contributed by atoms with Gasteiger partial charge in [-0.25, -0.2) is 4.68 Å². The van der Waals surface area contributed by atoms with Crippen molar-refractivity contribution in [2.45, 2.75) is 25.5 Å². The SMILES string of the molecule is O=C(Nc1ccnn1Cc1cccc(Cl)c1)[C@@H]1CCCO1. The molecule has 1 N–H and O–H groups in total. The van der Waals surface area contributed by atoms with Crippen LogP contribution in [0.15, 0.2) is 36.5 Å². The predicted octanol–water partition coefficient (Wildman–Crippen LogP) is 2.70. The van der Waals surface area contributed by atoms with Crippen molar-refractivity contribution in [3.05, 3.63) is 47.1 Å². The molecule has 1 amide bonds. The zero-order chi connectivity index (χ0) is 14.7. The lowest BCUT2D eigenvalue weighted by Crippen LogP contribution is -2.28. The maximum absolute atomic E-state index is 12.1. The average molecular weight is 306 g/mol. The van der Waals surface area contributed by atoms with E-state index in [-0.39, 0.29) is 12.0 Å². The molecule has 6 heteroatoms. The number of ether oxygens (including phenoxy) is 1. The Hall–Kier alpha value is -1.85. The fourth-order valence-corrected chi connectivity index (χ4v) is 2.58. The van der Waals surface area contributed by atoms with Gasteiger partial charge >= 0.3 is 0 Å². The second-order valence-electron chi connectivity index (χ2n) is 4.99. The van der Waals surface area contributed by atoms with Crippen molar-refractivity contribution in [1.82, 2.24) is 9.78 Å². The van der Waals surface area contributed by atoms with Gasteiger partial charge in [-0.05, 0) is 30.5 Å². The van der Waals surface area contributed by atoms with Crippen LogP contribution in [-0.4, -0.2) is 28.4 Å². The molecule has 0 saturated carbocycles. The molecule has 21 heavy (non-hydrogen) atoms. The molecule has 0 bridgehead atoms. The minimum atomic E-state index is -0.348. The molecule has 1 aliphatic heterocycles. The smallest absolute Gasteiger partial charge is 0.254 e. The van der Waals surface area contributed by atoms with Crippen LogP contribution < -0.4 is 5.32 Å². The molecule has 2 aromatic rings. The highest BCUT2D eigenvalue weighted by atomic mass is 35.5. The monoisotopic (exact) mass is 305 g/mol. The van der Waals surface area contributed by atoms with Gasteiger partial charge in [0, 0.05) is 17.7 Å². The standard InChI is InChI=1S/C15H16ClN3O2/c16-12-4-1-3-11(9-12)10-19-14(6-7-17-19)18-15(20)13-5-2-8-21-13/h1,3-4,6-7,9,13H,2,5,8,10H2,(H,18,20)/t13-/m0/s1. The summed E-state index contributed by atoms with van der Waals surface area (Å²) in [6.45, 7) is 1.20.